The summed E-state index contributed by atoms with van der Waals surface area (Å²) in [6.07, 6.45) is 4.65. The fourth-order valence-corrected chi connectivity index (χ4v) is 2.83. The van der Waals surface area contributed by atoms with Crippen molar-refractivity contribution in [2.45, 2.75) is 45.6 Å². The molecule has 1 aliphatic rings. The van der Waals surface area contributed by atoms with E-state index in [0.29, 0.717) is 0 Å². The van der Waals surface area contributed by atoms with E-state index < -0.39 is 0 Å². The summed E-state index contributed by atoms with van der Waals surface area (Å²) in [5.41, 5.74) is 2.07. The molecule has 21 heavy (non-hydrogen) atoms. The fraction of sp³-hybridized carbons (Fsp3) is 0.588. The summed E-state index contributed by atoms with van der Waals surface area (Å²) in [6.45, 7) is 7.23. The molecule has 1 aliphatic heterocycles. The van der Waals surface area contributed by atoms with Gasteiger partial charge < -0.3 is 9.84 Å². The molecular formula is C17H27N2O2+. The number of aryl methyl sites for hydroxylation is 1. The van der Waals surface area contributed by atoms with E-state index in [-0.39, 0.29) is 12.2 Å². The van der Waals surface area contributed by atoms with E-state index in [9.17, 15) is 5.11 Å². The summed E-state index contributed by atoms with van der Waals surface area (Å²) in [5.74, 6) is 0. The molecule has 1 fully saturated rings. The van der Waals surface area contributed by atoms with Crippen LogP contribution in [0.5, 0.6) is 0 Å². The molecule has 1 aromatic carbocycles. The molecule has 0 spiro atoms. The number of rotatable bonds is 5. The second-order valence-electron chi connectivity index (χ2n) is 5.73. The van der Waals surface area contributed by atoms with E-state index in [1.165, 1.54) is 19.3 Å². The first-order valence-electron chi connectivity index (χ1n) is 7.99. The van der Waals surface area contributed by atoms with E-state index in [1.54, 1.807) is 0 Å². The maximum atomic E-state index is 9.99. The molecule has 2 N–H and O–H groups in total. The van der Waals surface area contributed by atoms with Crippen LogP contribution in [0.4, 0.5) is 5.69 Å². The molecule has 0 bridgehead atoms. The number of aliphatic hydroxyl groups excluding tert-OH is 1. The zero-order valence-electron chi connectivity index (χ0n) is 13.1. The normalized spacial score (nSPS) is 18.5. The van der Waals surface area contributed by atoms with Gasteiger partial charge in [0.25, 0.3) is 0 Å². The summed E-state index contributed by atoms with van der Waals surface area (Å²) in [6, 6.07) is 7.95. The van der Waals surface area contributed by atoms with Crippen LogP contribution < -0.4 is 4.99 Å². The highest BCUT2D eigenvalue weighted by Crippen LogP contribution is 2.10. The number of benzene rings is 1. The second-order valence-corrected chi connectivity index (χ2v) is 5.73. The lowest BCUT2D eigenvalue weighted by molar-refractivity contribution is -0.384. The summed E-state index contributed by atoms with van der Waals surface area (Å²) in [4.78, 5) is 5.37. The first kappa shape index (κ1) is 15.8. The number of hydrogen-bond acceptors (Lipinski definition) is 2. The van der Waals surface area contributed by atoms with E-state index >= 15 is 0 Å². The molecule has 1 atom stereocenters. The molecule has 0 saturated carbocycles. The number of likely N-dealkylation sites (tertiary alicyclic amines) is 1. The van der Waals surface area contributed by atoms with Crippen molar-refractivity contribution in [2.24, 2.45) is 0 Å². The summed E-state index contributed by atoms with van der Waals surface area (Å²) >= 11 is 0. The van der Waals surface area contributed by atoms with Crippen molar-refractivity contribution < 1.29 is 14.8 Å². The van der Waals surface area contributed by atoms with Crippen molar-refractivity contribution in [3.63, 3.8) is 0 Å². The lowest BCUT2D eigenvalue weighted by Gasteiger charge is -2.28. The molecule has 2 rings (SSSR count). The van der Waals surface area contributed by atoms with E-state index in [0.717, 1.165) is 37.3 Å². The van der Waals surface area contributed by atoms with E-state index in [2.05, 4.69) is 16.8 Å². The van der Waals surface area contributed by atoms with Gasteiger partial charge in [-0.15, -0.1) is 4.99 Å². The molecule has 0 aromatic heterocycles. The summed E-state index contributed by atoms with van der Waals surface area (Å²) < 4.78 is 5.58. The predicted molar refractivity (Wildman–Crippen MR) is 84.9 cm³/mol. The number of para-hydroxylation sites is 1. The highest BCUT2D eigenvalue weighted by molar-refractivity contribution is 5.59. The Morgan fingerprint density at radius 1 is 1.29 bits per heavy atom. The van der Waals surface area contributed by atoms with Gasteiger partial charge in [-0.1, -0.05) is 31.5 Å². The largest absolute Gasteiger partial charge is 0.551 e. The van der Waals surface area contributed by atoms with Crippen LogP contribution in [0.1, 0.15) is 38.7 Å². The zero-order valence-corrected chi connectivity index (χ0v) is 13.1. The molecule has 4 nitrogen and oxygen atoms in total. The third kappa shape index (κ3) is 5.05. The van der Waals surface area contributed by atoms with E-state index in [4.69, 9.17) is 4.74 Å². The van der Waals surface area contributed by atoms with E-state index in [1.807, 2.05) is 31.2 Å². The summed E-state index contributed by atoms with van der Waals surface area (Å²) in [7, 11) is 0. The van der Waals surface area contributed by atoms with Crippen molar-refractivity contribution in [1.29, 1.82) is 0 Å². The van der Waals surface area contributed by atoms with Crippen LogP contribution in [0.15, 0.2) is 24.3 Å². The van der Waals surface area contributed by atoms with Gasteiger partial charge in [0.05, 0.1) is 0 Å². The van der Waals surface area contributed by atoms with Crippen LogP contribution in [-0.4, -0.2) is 41.8 Å². The molecule has 1 heterocycles. The Hall–Kier alpha value is -1.55. The molecule has 4 heteroatoms. The zero-order chi connectivity index (χ0) is 15.1. The first-order chi connectivity index (χ1) is 10.2. The van der Waals surface area contributed by atoms with Gasteiger partial charge in [0.1, 0.15) is 6.10 Å². The Morgan fingerprint density at radius 2 is 2.00 bits per heavy atom. The standard InChI is InChI=1S/C17H26N2O2/c1-3-15-9-5-6-10-16(15)18-17(20)21-14(2)13-19-11-7-4-8-12-19/h5-6,9-10,14H,3-4,7-8,11-13H2,1-2H3,(H,18,20)/p+1/t14-/m0/s1. The average Bonchev–Trinajstić information content (AvgIpc) is 2.48. The Labute approximate surface area is 127 Å². The number of ether oxygens (including phenoxy) is 1. The number of nitrogens with zero attached hydrogens (tertiary/aromatic N) is 1. The van der Waals surface area contributed by atoms with Crippen LogP contribution in [0.25, 0.3) is 0 Å². The Bertz CT molecular complexity index is 468. The van der Waals surface area contributed by atoms with Gasteiger partial charge in [0.15, 0.2) is 0 Å². The molecule has 116 valence electrons. The number of hydrogen-bond donors (Lipinski definition) is 2. The van der Waals surface area contributed by atoms with Crippen LogP contribution in [0, 0.1) is 0 Å². The lowest BCUT2D eigenvalue weighted by atomic mass is 10.1. The van der Waals surface area contributed by atoms with Crippen molar-refractivity contribution in [2.75, 3.05) is 19.6 Å². The van der Waals surface area contributed by atoms with Crippen molar-refractivity contribution in [1.82, 2.24) is 4.90 Å². The minimum Gasteiger partial charge on any atom is -0.430 e. The number of aliphatic hydroxyl groups is 1. The molecule has 0 radical (unpaired) electrons. The third-order valence-corrected chi connectivity index (χ3v) is 3.92. The molecule has 0 amide bonds. The highest BCUT2D eigenvalue weighted by atomic mass is 16.6. The smallest absolute Gasteiger partial charge is 0.430 e. The van der Waals surface area contributed by atoms with Crippen LogP contribution in [-0.2, 0) is 11.2 Å². The van der Waals surface area contributed by atoms with Crippen LogP contribution >= 0.6 is 0 Å². The first-order valence-corrected chi connectivity index (χ1v) is 7.99. The van der Waals surface area contributed by atoms with Gasteiger partial charge in [-0.2, -0.15) is 0 Å². The molecular weight excluding hydrogens is 264 g/mol. The molecule has 0 aliphatic carbocycles. The lowest BCUT2D eigenvalue weighted by Crippen LogP contribution is -2.68. The van der Waals surface area contributed by atoms with Gasteiger partial charge in [-0.3, -0.25) is 4.90 Å². The topological polar surface area (TPSA) is 46.7 Å². The van der Waals surface area contributed by atoms with Gasteiger partial charge in [0.2, 0.25) is 5.69 Å². The highest BCUT2D eigenvalue weighted by Gasteiger charge is 2.18. The maximum Gasteiger partial charge on any atom is 0.551 e. The van der Waals surface area contributed by atoms with Crippen molar-refractivity contribution in [3.8, 4) is 0 Å². The SMILES string of the molecule is CCc1ccccc1[NH+]=C(O)O[C@@H](C)CN1CCCCC1. The van der Waals surface area contributed by atoms with Gasteiger partial charge >= 0.3 is 6.08 Å². The quantitative estimate of drug-likeness (QED) is 0.642. The molecule has 1 saturated heterocycles. The fourth-order valence-electron chi connectivity index (χ4n) is 2.83. The minimum absolute atomic E-state index is 0.0237. The molecule has 0 unspecified atom stereocenters. The number of piperidine rings is 1. The Morgan fingerprint density at radius 3 is 2.71 bits per heavy atom. The summed E-state index contributed by atoms with van der Waals surface area (Å²) in [5, 5.41) is 9.99. The molecule has 1 aromatic rings. The van der Waals surface area contributed by atoms with Gasteiger partial charge in [0, 0.05) is 18.2 Å². The average molecular weight is 291 g/mol. The van der Waals surface area contributed by atoms with Crippen molar-refractivity contribution >= 4 is 11.8 Å². The van der Waals surface area contributed by atoms with Crippen LogP contribution in [0.3, 0.4) is 0 Å². The van der Waals surface area contributed by atoms with Gasteiger partial charge in [-0.25, -0.2) is 0 Å². The maximum absolute atomic E-state index is 9.99. The van der Waals surface area contributed by atoms with Crippen LogP contribution in [0.2, 0.25) is 0 Å². The Balaban J connectivity index is 1.90. The van der Waals surface area contributed by atoms with Gasteiger partial charge in [-0.05, 0) is 39.3 Å². The minimum atomic E-state index is -0.111. The Kier molecular flexibility index (Phi) is 6.05. The third-order valence-electron chi connectivity index (χ3n) is 3.92. The monoisotopic (exact) mass is 291 g/mol. The second kappa shape index (κ2) is 8.03. The predicted octanol–water partition coefficient (Wildman–Crippen LogP) is 1.77. The number of nitrogens with one attached hydrogen (secondary N) is 1. The van der Waals surface area contributed by atoms with Crippen molar-refractivity contribution in [3.05, 3.63) is 29.8 Å².